The largest absolute Gasteiger partial charge is 0.463 e. The number of carbonyl (C=O) groups excluding carboxylic acids is 1. The number of thiophene rings is 1. The van der Waals surface area contributed by atoms with Gasteiger partial charge in [-0.15, -0.1) is 11.3 Å². The van der Waals surface area contributed by atoms with Crippen LogP contribution in [0.25, 0.3) is 15.7 Å². The van der Waals surface area contributed by atoms with E-state index in [4.69, 9.17) is 4.74 Å². The maximum Gasteiger partial charge on any atom is 0.334 e. The van der Waals surface area contributed by atoms with Crippen molar-refractivity contribution in [2.45, 2.75) is 46.0 Å². The Balaban J connectivity index is 2.13. The summed E-state index contributed by atoms with van der Waals surface area (Å²) in [6.07, 6.45) is 3.31. The van der Waals surface area contributed by atoms with Crippen molar-refractivity contribution in [1.29, 1.82) is 0 Å². The Morgan fingerprint density at radius 3 is 2.77 bits per heavy atom. The minimum atomic E-state index is -0.131. The number of ether oxygens (including phenoxy) is 1. The van der Waals surface area contributed by atoms with Crippen LogP contribution in [0.2, 0.25) is 0 Å². The van der Waals surface area contributed by atoms with E-state index in [1.807, 2.05) is 18.3 Å². The van der Waals surface area contributed by atoms with Crippen LogP contribution in [0.5, 0.6) is 0 Å². The highest BCUT2D eigenvalue weighted by atomic mass is 32.1. The standard InChI is InChI=1S/C19H22O2S/c1-4-6-9-14-17(19(20)21-5-2)12(3)16-13-10-7-8-11-15(13)22-18(14)16/h7-8,10-11,14H,4-6,9H2,1-3H3. The normalized spacial score (nSPS) is 17.1. The van der Waals surface area contributed by atoms with Gasteiger partial charge in [-0.25, -0.2) is 4.79 Å². The molecule has 0 saturated carbocycles. The first-order chi connectivity index (χ1) is 10.7. The molecule has 22 heavy (non-hydrogen) atoms. The molecule has 1 aliphatic carbocycles. The Labute approximate surface area is 135 Å². The second kappa shape index (κ2) is 6.25. The molecular formula is C19H22O2S. The first kappa shape index (κ1) is 15.3. The Hall–Kier alpha value is -1.61. The highest BCUT2D eigenvalue weighted by Gasteiger charge is 2.36. The number of fused-ring (bicyclic) bond motifs is 3. The van der Waals surface area contributed by atoms with E-state index in [0.29, 0.717) is 6.61 Å². The van der Waals surface area contributed by atoms with Crippen LogP contribution in [0, 0.1) is 0 Å². The molecule has 3 rings (SSSR count). The van der Waals surface area contributed by atoms with Crippen molar-refractivity contribution in [1.82, 2.24) is 0 Å². The first-order valence-corrected chi connectivity index (χ1v) is 8.90. The predicted molar refractivity (Wildman–Crippen MR) is 93.3 cm³/mol. The van der Waals surface area contributed by atoms with Gasteiger partial charge in [0, 0.05) is 32.0 Å². The average Bonchev–Trinajstić information content (AvgIpc) is 3.01. The van der Waals surface area contributed by atoms with E-state index in [1.165, 1.54) is 20.5 Å². The van der Waals surface area contributed by atoms with Gasteiger partial charge in [-0.2, -0.15) is 0 Å². The molecule has 1 atom stereocenters. The van der Waals surface area contributed by atoms with Gasteiger partial charge in [0.25, 0.3) is 0 Å². The van der Waals surface area contributed by atoms with Crippen LogP contribution in [-0.2, 0) is 9.53 Å². The second-order valence-electron chi connectivity index (χ2n) is 5.79. The zero-order valence-electron chi connectivity index (χ0n) is 13.4. The van der Waals surface area contributed by atoms with Crippen molar-refractivity contribution in [2.24, 2.45) is 0 Å². The van der Waals surface area contributed by atoms with Gasteiger partial charge in [-0.3, -0.25) is 0 Å². The van der Waals surface area contributed by atoms with Crippen LogP contribution < -0.4 is 0 Å². The zero-order valence-corrected chi connectivity index (χ0v) is 14.3. The van der Waals surface area contributed by atoms with E-state index in [1.54, 1.807) is 0 Å². The SMILES string of the molecule is CCCCC1C(C(=O)OCC)=C(C)c2c1sc1ccccc21. The highest BCUT2D eigenvalue weighted by molar-refractivity contribution is 7.19. The Kier molecular flexibility index (Phi) is 4.34. The number of hydrogen-bond acceptors (Lipinski definition) is 3. The number of rotatable bonds is 5. The third-order valence-corrected chi connectivity index (χ3v) is 5.69. The number of esters is 1. The first-order valence-electron chi connectivity index (χ1n) is 8.08. The fourth-order valence-corrected chi connectivity index (χ4v) is 4.82. The molecule has 0 fully saturated rings. The molecule has 1 aliphatic rings. The molecule has 2 nitrogen and oxygen atoms in total. The monoisotopic (exact) mass is 314 g/mol. The van der Waals surface area contributed by atoms with E-state index in [0.717, 1.165) is 30.4 Å². The lowest BCUT2D eigenvalue weighted by molar-refractivity contribution is -0.138. The molecule has 1 aromatic carbocycles. The van der Waals surface area contributed by atoms with E-state index >= 15 is 0 Å². The minimum Gasteiger partial charge on any atom is -0.463 e. The Morgan fingerprint density at radius 1 is 1.27 bits per heavy atom. The molecule has 0 radical (unpaired) electrons. The van der Waals surface area contributed by atoms with Gasteiger partial charge >= 0.3 is 5.97 Å². The molecule has 0 aliphatic heterocycles. The van der Waals surface area contributed by atoms with Crippen molar-refractivity contribution < 1.29 is 9.53 Å². The number of carbonyl (C=O) groups is 1. The van der Waals surface area contributed by atoms with Crippen LogP contribution in [0.3, 0.4) is 0 Å². The van der Waals surface area contributed by atoms with Crippen molar-refractivity contribution in [3.8, 4) is 0 Å². The molecule has 0 amide bonds. The summed E-state index contributed by atoms with van der Waals surface area (Å²) in [6.45, 7) is 6.58. The number of benzene rings is 1. The summed E-state index contributed by atoms with van der Waals surface area (Å²) in [4.78, 5) is 13.8. The Bertz CT molecular complexity index is 739. The van der Waals surface area contributed by atoms with Crippen LogP contribution in [-0.4, -0.2) is 12.6 Å². The van der Waals surface area contributed by atoms with Crippen LogP contribution in [0.15, 0.2) is 29.8 Å². The molecule has 0 spiro atoms. The summed E-state index contributed by atoms with van der Waals surface area (Å²) in [5.41, 5.74) is 3.29. The number of allylic oxidation sites excluding steroid dienone is 1. The second-order valence-corrected chi connectivity index (χ2v) is 6.88. The van der Waals surface area contributed by atoms with E-state index in [9.17, 15) is 4.79 Å². The summed E-state index contributed by atoms with van der Waals surface area (Å²) < 4.78 is 6.64. The molecule has 3 heteroatoms. The lowest BCUT2D eigenvalue weighted by Crippen LogP contribution is -2.12. The summed E-state index contributed by atoms with van der Waals surface area (Å²) in [6, 6.07) is 8.50. The minimum absolute atomic E-state index is 0.131. The molecule has 116 valence electrons. The van der Waals surface area contributed by atoms with Gasteiger partial charge in [-0.05, 0) is 31.9 Å². The zero-order chi connectivity index (χ0) is 15.7. The van der Waals surface area contributed by atoms with Gasteiger partial charge in [0.15, 0.2) is 0 Å². The maximum absolute atomic E-state index is 12.5. The highest BCUT2D eigenvalue weighted by Crippen LogP contribution is 2.51. The van der Waals surface area contributed by atoms with Crippen molar-refractivity contribution >= 4 is 33.0 Å². The van der Waals surface area contributed by atoms with E-state index < -0.39 is 0 Å². The summed E-state index contributed by atoms with van der Waals surface area (Å²) in [7, 11) is 0. The third-order valence-electron chi connectivity index (χ3n) is 4.41. The molecule has 0 N–H and O–H groups in total. The van der Waals surface area contributed by atoms with Crippen molar-refractivity contribution in [3.05, 3.63) is 40.3 Å². The lowest BCUT2D eigenvalue weighted by Gasteiger charge is -2.14. The van der Waals surface area contributed by atoms with Gasteiger partial charge < -0.3 is 4.74 Å². The Morgan fingerprint density at radius 2 is 2.05 bits per heavy atom. The summed E-state index contributed by atoms with van der Waals surface area (Å²) in [5, 5.41) is 1.28. The molecule has 1 unspecified atom stereocenters. The lowest BCUT2D eigenvalue weighted by atomic mass is 9.95. The summed E-state index contributed by atoms with van der Waals surface area (Å²) >= 11 is 1.84. The fourth-order valence-electron chi connectivity index (χ4n) is 3.41. The summed E-state index contributed by atoms with van der Waals surface area (Å²) in [5.74, 6) is 0.0833. The fraction of sp³-hybridized carbons (Fsp3) is 0.421. The number of unbranched alkanes of at least 4 members (excludes halogenated alkanes) is 1. The maximum atomic E-state index is 12.5. The molecular weight excluding hydrogens is 292 g/mol. The quantitative estimate of drug-likeness (QED) is 0.679. The van der Waals surface area contributed by atoms with Crippen molar-refractivity contribution in [2.75, 3.05) is 6.61 Å². The van der Waals surface area contributed by atoms with Gasteiger partial charge in [0.05, 0.1) is 6.61 Å². The van der Waals surface area contributed by atoms with Crippen LogP contribution >= 0.6 is 11.3 Å². The van der Waals surface area contributed by atoms with E-state index in [-0.39, 0.29) is 11.9 Å². The molecule has 1 aromatic heterocycles. The molecule has 0 bridgehead atoms. The van der Waals surface area contributed by atoms with E-state index in [2.05, 4.69) is 38.1 Å². The van der Waals surface area contributed by atoms with Crippen molar-refractivity contribution in [3.63, 3.8) is 0 Å². The molecule has 0 saturated heterocycles. The molecule has 1 heterocycles. The van der Waals surface area contributed by atoms with Gasteiger partial charge in [-0.1, -0.05) is 38.0 Å². The number of hydrogen-bond donors (Lipinski definition) is 0. The van der Waals surface area contributed by atoms with Gasteiger partial charge in [0.2, 0.25) is 0 Å². The average molecular weight is 314 g/mol. The smallest absolute Gasteiger partial charge is 0.334 e. The molecule has 2 aromatic rings. The van der Waals surface area contributed by atoms with Gasteiger partial charge in [0.1, 0.15) is 0 Å². The third kappa shape index (κ3) is 2.38. The predicted octanol–water partition coefficient (Wildman–Crippen LogP) is 5.53. The van der Waals surface area contributed by atoms with Crippen LogP contribution in [0.4, 0.5) is 0 Å². The topological polar surface area (TPSA) is 26.3 Å². The van der Waals surface area contributed by atoms with Crippen LogP contribution in [0.1, 0.15) is 56.4 Å².